The second-order valence-corrected chi connectivity index (χ2v) is 10.5. The molecule has 0 saturated heterocycles. The number of rotatable bonds is 12. The Balaban J connectivity index is 1.87. The minimum absolute atomic E-state index is 0.0113. The number of benzene rings is 3. The van der Waals surface area contributed by atoms with Crippen LogP contribution in [0.1, 0.15) is 49.8 Å². The predicted molar refractivity (Wildman–Crippen MR) is 136 cm³/mol. The number of nitrogens with one attached hydrogen (secondary N) is 1. The maximum atomic E-state index is 13.2. The molecule has 0 heterocycles. The normalized spacial score (nSPS) is 13.7. The van der Waals surface area contributed by atoms with Gasteiger partial charge in [-0.3, -0.25) is 4.90 Å². The summed E-state index contributed by atoms with van der Waals surface area (Å²) >= 11 is 0. The molecule has 1 N–H and O–H groups in total. The van der Waals surface area contributed by atoms with E-state index in [4.69, 9.17) is 0 Å². The molecule has 0 aliphatic carbocycles. The fourth-order valence-electron chi connectivity index (χ4n) is 4.04. The molecule has 3 aromatic rings. The lowest BCUT2D eigenvalue weighted by molar-refractivity contribution is 0.156. The van der Waals surface area contributed by atoms with Gasteiger partial charge in [-0.2, -0.15) is 0 Å². The van der Waals surface area contributed by atoms with Gasteiger partial charge in [0.15, 0.2) is 0 Å². The number of aryl methyl sites for hydroxylation is 1. The molecule has 0 fully saturated rings. The molecular formula is C28H36N2O2S. The lowest BCUT2D eigenvalue weighted by Crippen LogP contribution is -2.49. The third-order valence-electron chi connectivity index (χ3n) is 6.12. The van der Waals surface area contributed by atoms with Crippen molar-refractivity contribution in [2.45, 2.75) is 70.1 Å². The van der Waals surface area contributed by atoms with Crippen LogP contribution in [0.2, 0.25) is 0 Å². The summed E-state index contributed by atoms with van der Waals surface area (Å²) in [6.07, 6.45) is 2.78. The van der Waals surface area contributed by atoms with Gasteiger partial charge in [0.05, 0.1) is 4.90 Å². The first kappa shape index (κ1) is 25.2. The highest BCUT2D eigenvalue weighted by Crippen LogP contribution is 2.20. The molecule has 0 unspecified atom stereocenters. The highest BCUT2D eigenvalue weighted by atomic mass is 32.2. The molecule has 0 spiro atoms. The molecular weight excluding hydrogens is 428 g/mol. The molecule has 0 bridgehead atoms. The first-order valence-corrected chi connectivity index (χ1v) is 13.3. The van der Waals surface area contributed by atoms with E-state index in [9.17, 15) is 8.42 Å². The van der Waals surface area contributed by atoms with E-state index in [2.05, 4.69) is 72.0 Å². The van der Waals surface area contributed by atoms with E-state index in [-0.39, 0.29) is 12.1 Å². The Kier molecular flexibility index (Phi) is 9.24. The van der Waals surface area contributed by atoms with E-state index in [1.807, 2.05) is 31.2 Å². The number of unbranched alkanes of at least 4 members (excludes halogenated alkanes) is 1. The Bertz CT molecular complexity index is 1030. The van der Waals surface area contributed by atoms with Crippen LogP contribution in [0.25, 0.3) is 0 Å². The van der Waals surface area contributed by atoms with Gasteiger partial charge in [0.2, 0.25) is 10.0 Å². The van der Waals surface area contributed by atoms with Crippen molar-refractivity contribution in [3.63, 3.8) is 0 Å². The van der Waals surface area contributed by atoms with Gasteiger partial charge in [-0.05, 0) is 43.5 Å². The summed E-state index contributed by atoms with van der Waals surface area (Å²) in [5, 5.41) is 0. The van der Waals surface area contributed by atoms with Crippen LogP contribution in [0, 0.1) is 6.92 Å². The fraction of sp³-hybridized carbons (Fsp3) is 0.357. The summed E-state index contributed by atoms with van der Waals surface area (Å²) in [6, 6.07) is 27.6. The largest absolute Gasteiger partial charge is 0.291 e. The molecule has 0 amide bonds. The maximum Gasteiger partial charge on any atom is 0.240 e. The molecule has 5 heteroatoms. The van der Waals surface area contributed by atoms with E-state index in [1.54, 1.807) is 12.1 Å². The summed E-state index contributed by atoms with van der Waals surface area (Å²) in [7, 11) is -3.61. The van der Waals surface area contributed by atoms with Gasteiger partial charge in [0.25, 0.3) is 0 Å². The molecule has 0 aliphatic rings. The molecule has 0 radical (unpaired) electrons. The minimum atomic E-state index is -3.61. The molecule has 3 aromatic carbocycles. The van der Waals surface area contributed by atoms with Crippen LogP contribution in [0.3, 0.4) is 0 Å². The van der Waals surface area contributed by atoms with Gasteiger partial charge in [0.1, 0.15) is 0 Å². The summed E-state index contributed by atoms with van der Waals surface area (Å²) < 4.78 is 29.5. The van der Waals surface area contributed by atoms with E-state index in [1.165, 1.54) is 11.1 Å². The quantitative estimate of drug-likeness (QED) is 0.362. The van der Waals surface area contributed by atoms with Gasteiger partial charge in [-0.15, -0.1) is 0 Å². The van der Waals surface area contributed by atoms with Crippen LogP contribution in [-0.2, 0) is 23.1 Å². The summed E-state index contributed by atoms with van der Waals surface area (Å²) in [5.41, 5.74) is 3.48. The van der Waals surface area contributed by atoms with E-state index in [0.29, 0.717) is 4.90 Å². The van der Waals surface area contributed by atoms with E-state index < -0.39 is 10.0 Å². The number of hydrogen-bond donors (Lipinski definition) is 1. The zero-order chi connectivity index (χ0) is 23.7. The minimum Gasteiger partial charge on any atom is -0.291 e. The first-order valence-electron chi connectivity index (χ1n) is 11.8. The molecule has 176 valence electrons. The molecule has 0 aliphatic heterocycles. The van der Waals surface area contributed by atoms with Gasteiger partial charge >= 0.3 is 0 Å². The van der Waals surface area contributed by atoms with Gasteiger partial charge in [-0.25, -0.2) is 13.1 Å². The molecule has 4 nitrogen and oxygen atoms in total. The second kappa shape index (κ2) is 12.1. The third-order valence-corrected chi connectivity index (χ3v) is 7.63. The number of nitrogens with zero attached hydrogens (tertiary/aromatic N) is 1. The van der Waals surface area contributed by atoms with Crippen LogP contribution < -0.4 is 4.72 Å². The van der Waals surface area contributed by atoms with Crippen LogP contribution in [0.4, 0.5) is 0 Å². The number of sulfonamides is 1. The standard InChI is InChI=1S/C28H36N2O2S/c1-4-5-16-28(29-33(31,32)27-19-17-23(2)18-20-27)24(3)30(21-25-12-8-6-9-13-25)22-26-14-10-7-11-15-26/h6-15,17-20,24,28-29H,4-5,16,21-22H2,1-3H3/t24-,28+/m0/s1. The van der Waals surface area contributed by atoms with Crippen molar-refractivity contribution in [3.8, 4) is 0 Å². The third kappa shape index (κ3) is 7.53. The SMILES string of the molecule is CCCC[C@@H](NS(=O)(=O)c1ccc(C)cc1)[C@H](C)N(Cc1ccccc1)Cc1ccccc1. The number of hydrogen-bond acceptors (Lipinski definition) is 3. The van der Waals surface area contributed by atoms with Crippen LogP contribution in [0.5, 0.6) is 0 Å². The smallest absolute Gasteiger partial charge is 0.240 e. The first-order chi connectivity index (χ1) is 15.9. The van der Waals surface area contributed by atoms with Crippen molar-refractivity contribution in [1.82, 2.24) is 9.62 Å². The highest BCUT2D eigenvalue weighted by molar-refractivity contribution is 7.89. The maximum absolute atomic E-state index is 13.2. The van der Waals surface area contributed by atoms with E-state index >= 15 is 0 Å². The zero-order valence-electron chi connectivity index (χ0n) is 19.9. The lowest BCUT2D eigenvalue weighted by atomic mass is 10.0. The fourth-order valence-corrected chi connectivity index (χ4v) is 5.39. The predicted octanol–water partition coefficient (Wildman–Crippen LogP) is 5.92. The Morgan fingerprint density at radius 2 is 1.33 bits per heavy atom. The van der Waals surface area contributed by atoms with Gasteiger partial charge in [-0.1, -0.05) is 98.1 Å². The van der Waals surface area contributed by atoms with Crippen LogP contribution in [0.15, 0.2) is 89.8 Å². The van der Waals surface area contributed by atoms with Crippen molar-refractivity contribution < 1.29 is 8.42 Å². The average Bonchev–Trinajstić information content (AvgIpc) is 2.82. The Labute approximate surface area is 199 Å². The summed E-state index contributed by atoms with van der Waals surface area (Å²) in [6.45, 7) is 7.75. The van der Waals surface area contributed by atoms with Crippen molar-refractivity contribution in [2.75, 3.05) is 0 Å². The van der Waals surface area contributed by atoms with Crippen molar-refractivity contribution in [3.05, 3.63) is 102 Å². The Morgan fingerprint density at radius 3 is 1.82 bits per heavy atom. The van der Waals surface area contributed by atoms with Gasteiger partial charge in [0, 0.05) is 25.2 Å². The molecule has 0 aromatic heterocycles. The zero-order valence-corrected chi connectivity index (χ0v) is 20.8. The van der Waals surface area contributed by atoms with E-state index in [0.717, 1.165) is 37.9 Å². The lowest BCUT2D eigenvalue weighted by Gasteiger charge is -2.35. The molecule has 33 heavy (non-hydrogen) atoms. The van der Waals surface area contributed by atoms with Crippen molar-refractivity contribution >= 4 is 10.0 Å². The topological polar surface area (TPSA) is 49.4 Å². The van der Waals surface area contributed by atoms with Crippen molar-refractivity contribution in [2.24, 2.45) is 0 Å². The van der Waals surface area contributed by atoms with Gasteiger partial charge < -0.3 is 0 Å². The summed E-state index contributed by atoms with van der Waals surface area (Å²) in [5.74, 6) is 0. The molecule has 3 rings (SSSR count). The second-order valence-electron chi connectivity index (χ2n) is 8.80. The monoisotopic (exact) mass is 464 g/mol. The van der Waals surface area contributed by atoms with Crippen molar-refractivity contribution in [1.29, 1.82) is 0 Å². The summed E-state index contributed by atoms with van der Waals surface area (Å²) in [4.78, 5) is 2.70. The average molecular weight is 465 g/mol. The van der Waals surface area contributed by atoms with Crippen LogP contribution in [-0.4, -0.2) is 25.4 Å². The molecule has 0 saturated carbocycles. The highest BCUT2D eigenvalue weighted by Gasteiger charge is 2.28. The Morgan fingerprint density at radius 1 is 0.818 bits per heavy atom. The Hall–Kier alpha value is -2.47. The molecule has 2 atom stereocenters. The van der Waals surface area contributed by atoms with Crippen LogP contribution >= 0.6 is 0 Å².